The molecule has 0 amide bonds. The van der Waals surface area contributed by atoms with E-state index in [0.29, 0.717) is 12.3 Å². The molecule has 0 N–H and O–H groups in total. The third-order valence-corrected chi connectivity index (χ3v) is 4.57. The number of rotatable bonds is 4. The number of aryl methyl sites for hydroxylation is 1. The molecule has 1 aromatic heterocycles. The van der Waals surface area contributed by atoms with Gasteiger partial charge in [-0.05, 0) is 19.1 Å². The van der Waals surface area contributed by atoms with Gasteiger partial charge >= 0.3 is 0 Å². The average molecular weight is 280 g/mol. The summed E-state index contributed by atoms with van der Waals surface area (Å²) in [6.45, 7) is 3.68. The summed E-state index contributed by atoms with van der Waals surface area (Å²) in [4.78, 5) is 16.5. The van der Waals surface area contributed by atoms with Gasteiger partial charge in [-0.15, -0.1) is 0 Å². The van der Waals surface area contributed by atoms with E-state index in [4.69, 9.17) is 4.52 Å². The van der Waals surface area contributed by atoms with Crippen LogP contribution in [-0.4, -0.2) is 22.8 Å². The topological polar surface area (TPSA) is 61.2 Å². The maximum absolute atomic E-state index is 12.2. The second kappa shape index (κ2) is 5.27. The van der Waals surface area contributed by atoms with Crippen LogP contribution in [0.25, 0.3) is 11.0 Å². The van der Waals surface area contributed by atoms with Crippen LogP contribution in [0, 0.1) is 0 Å². The summed E-state index contributed by atoms with van der Waals surface area (Å²) in [5.41, 5.74) is 1.55. The van der Waals surface area contributed by atoms with Gasteiger partial charge in [-0.25, -0.2) is 4.98 Å². The van der Waals surface area contributed by atoms with E-state index < -0.39 is 7.37 Å². The van der Waals surface area contributed by atoms with E-state index in [0.717, 1.165) is 11.0 Å². The third kappa shape index (κ3) is 2.94. The van der Waals surface area contributed by atoms with E-state index in [1.165, 1.54) is 11.2 Å². The minimum Gasteiger partial charge on any atom is -0.329 e. The number of fused-ring (bicyclic) bond motifs is 1. The Balaban J connectivity index is 2.53. The highest BCUT2D eigenvalue weighted by molar-refractivity contribution is 7.57. The Kier molecular flexibility index (Phi) is 3.88. The Morgan fingerprint density at radius 2 is 2.05 bits per heavy atom. The first kappa shape index (κ1) is 14.0. The Morgan fingerprint density at radius 1 is 1.37 bits per heavy atom. The third-order valence-electron chi connectivity index (χ3n) is 2.89. The number of para-hydroxylation sites is 2. The number of nitrogens with zero attached hydrogens (tertiary/aromatic N) is 2. The monoisotopic (exact) mass is 280 g/mol. The van der Waals surface area contributed by atoms with E-state index in [-0.39, 0.29) is 11.7 Å². The van der Waals surface area contributed by atoms with E-state index in [1.807, 2.05) is 24.3 Å². The van der Waals surface area contributed by atoms with Crippen molar-refractivity contribution in [1.82, 2.24) is 9.55 Å². The standard InChI is InChI=1S/C13H17N2O3P/c1-4-18-19(3,17)9-11-13(16)15(2)12-8-6-5-7-10(12)14-11/h5-8H,4,9H2,1-3H3. The molecular weight excluding hydrogens is 263 g/mol. The second-order valence-electron chi connectivity index (χ2n) is 4.50. The summed E-state index contributed by atoms with van der Waals surface area (Å²) in [5, 5.41) is 0. The first-order valence-electron chi connectivity index (χ1n) is 6.10. The van der Waals surface area contributed by atoms with Gasteiger partial charge in [0, 0.05) is 13.7 Å². The lowest BCUT2D eigenvalue weighted by atomic mass is 10.3. The Morgan fingerprint density at radius 3 is 2.74 bits per heavy atom. The largest absolute Gasteiger partial charge is 0.329 e. The van der Waals surface area contributed by atoms with Crippen molar-refractivity contribution < 1.29 is 9.09 Å². The summed E-state index contributed by atoms with van der Waals surface area (Å²) in [6.07, 6.45) is 0.0678. The van der Waals surface area contributed by atoms with Crippen molar-refractivity contribution in [1.29, 1.82) is 0 Å². The zero-order valence-corrected chi connectivity index (χ0v) is 12.2. The molecule has 0 radical (unpaired) electrons. The lowest BCUT2D eigenvalue weighted by Gasteiger charge is -2.13. The van der Waals surface area contributed by atoms with Crippen molar-refractivity contribution in [2.24, 2.45) is 7.05 Å². The van der Waals surface area contributed by atoms with Gasteiger partial charge in [-0.2, -0.15) is 0 Å². The summed E-state index contributed by atoms with van der Waals surface area (Å²) in [5.74, 6) is 0. The average Bonchev–Trinajstić information content (AvgIpc) is 2.35. The Labute approximate surface area is 111 Å². The van der Waals surface area contributed by atoms with Gasteiger partial charge in [0.1, 0.15) is 5.69 Å². The molecule has 0 saturated carbocycles. The van der Waals surface area contributed by atoms with Crippen molar-refractivity contribution in [3.8, 4) is 0 Å². The van der Waals surface area contributed by atoms with Crippen molar-refractivity contribution in [2.45, 2.75) is 13.1 Å². The minimum absolute atomic E-state index is 0.0678. The number of hydrogen-bond donors (Lipinski definition) is 0. The molecule has 0 aliphatic heterocycles. The highest BCUT2D eigenvalue weighted by atomic mass is 31.2. The SMILES string of the molecule is CCOP(C)(=O)Cc1nc2ccccc2n(C)c1=O. The molecule has 0 fully saturated rings. The molecule has 5 nitrogen and oxygen atoms in total. The predicted octanol–water partition coefficient (Wildman–Crippen LogP) is 2.38. The van der Waals surface area contributed by atoms with Crippen LogP contribution in [0.3, 0.4) is 0 Å². The maximum Gasteiger partial charge on any atom is 0.273 e. The zero-order valence-electron chi connectivity index (χ0n) is 11.3. The van der Waals surface area contributed by atoms with Crippen LogP contribution >= 0.6 is 7.37 Å². The molecular formula is C13H17N2O3P. The molecule has 0 aliphatic rings. The molecule has 0 bridgehead atoms. The first-order valence-corrected chi connectivity index (χ1v) is 8.36. The zero-order chi connectivity index (χ0) is 14.0. The summed E-state index contributed by atoms with van der Waals surface area (Å²) < 4.78 is 18.9. The van der Waals surface area contributed by atoms with Crippen LogP contribution in [0.5, 0.6) is 0 Å². The number of aromatic nitrogens is 2. The predicted molar refractivity (Wildman–Crippen MR) is 75.8 cm³/mol. The van der Waals surface area contributed by atoms with Crippen molar-refractivity contribution in [3.05, 3.63) is 40.3 Å². The summed E-state index contributed by atoms with van der Waals surface area (Å²) >= 11 is 0. The molecule has 2 rings (SSSR count). The van der Waals surface area contributed by atoms with E-state index in [2.05, 4.69) is 4.98 Å². The fourth-order valence-corrected chi connectivity index (χ4v) is 3.42. The maximum atomic E-state index is 12.2. The molecule has 0 saturated heterocycles. The molecule has 0 aliphatic carbocycles. The molecule has 19 heavy (non-hydrogen) atoms. The minimum atomic E-state index is -2.82. The molecule has 1 atom stereocenters. The molecule has 2 aromatic rings. The highest BCUT2D eigenvalue weighted by Crippen LogP contribution is 2.45. The van der Waals surface area contributed by atoms with Gasteiger partial charge in [0.25, 0.3) is 5.56 Å². The van der Waals surface area contributed by atoms with Crippen LogP contribution in [-0.2, 0) is 22.3 Å². The van der Waals surface area contributed by atoms with Gasteiger partial charge in [-0.1, -0.05) is 12.1 Å². The number of benzene rings is 1. The van der Waals surface area contributed by atoms with Crippen molar-refractivity contribution in [3.63, 3.8) is 0 Å². The smallest absolute Gasteiger partial charge is 0.273 e. The lowest BCUT2D eigenvalue weighted by Crippen LogP contribution is -2.23. The molecule has 1 aromatic carbocycles. The van der Waals surface area contributed by atoms with Crippen LogP contribution < -0.4 is 5.56 Å². The Hall–Kier alpha value is -1.45. The second-order valence-corrected chi connectivity index (χ2v) is 7.10. The fraction of sp³-hybridized carbons (Fsp3) is 0.385. The van der Waals surface area contributed by atoms with Gasteiger partial charge in [-0.3, -0.25) is 9.36 Å². The van der Waals surface area contributed by atoms with Crippen LogP contribution in [0.4, 0.5) is 0 Å². The molecule has 102 valence electrons. The highest BCUT2D eigenvalue weighted by Gasteiger charge is 2.20. The first-order chi connectivity index (χ1) is 8.94. The van der Waals surface area contributed by atoms with E-state index in [9.17, 15) is 9.36 Å². The Bertz CT molecular complexity index is 709. The molecule has 0 spiro atoms. The quantitative estimate of drug-likeness (QED) is 0.807. The summed E-state index contributed by atoms with van der Waals surface area (Å²) in [7, 11) is -1.12. The van der Waals surface area contributed by atoms with Crippen LogP contribution in [0.1, 0.15) is 12.6 Å². The molecule has 1 unspecified atom stereocenters. The van der Waals surface area contributed by atoms with Crippen LogP contribution in [0.2, 0.25) is 0 Å². The van der Waals surface area contributed by atoms with E-state index >= 15 is 0 Å². The fourth-order valence-electron chi connectivity index (χ4n) is 2.03. The van der Waals surface area contributed by atoms with E-state index in [1.54, 1.807) is 14.0 Å². The number of hydrogen-bond acceptors (Lipinski definition) is 4. The lowest BCUT2D eigenvalue weighted by molar-refractivity contribution is 0.336. The van der Waals surface area contributed by atoms with Crippen molar-refractivity contribution in [2.75, 3.05) is 13.3 Å². The van der Waals surface area contributed by atoms with Gasteiger partial charge in [0.05, 0.1) is 23.8 Å². The van der Waals surface area contributed by atoms with Gasteiger partial charge in [0.2, 0.25) is 7.37 Å². The van der Waals surface area contributed by atoms with Crippen molar-refractivity contribution >= 4 is 18.4 Å². The normalized spacial score (nSPS) is 14.5. The van der Waals surface area contributed by atoms with Gasteiger partial charge in [0.15, 0.2) is 0 Å². The molecule has 6 heteroatoms. The molecule has 1 heterocycles. The van der Waals surface area contributed by atoms with Gasteiger partial charge < -0.3 is 9.09 Å². The summed E-state index contributed by atoms with van der Waals surface area (Å²) in [6, 6.07) is 7.38. The van der Waals surface area contributed by atoms with Crippen LogP contribution in [0.15, 0.2) is 29.1 Å².